The van der Waals surface area contributed by atoms with Gasteiger partial charge in [-0.1, -0.05) is 24.3 Å². The van der Waals surface area contributed by atoms with E-state index in [2.05, 4.69) is 10.1 Å². The molecule has 2 aromatic rings. The predicted molar refractivity (Wildman–Crippen MR) is 120 cm³/mol. The number of carbonyl (C=O) groups is 1. The van der Waals surface area contributed by atoms with E-state index in [1.165, 1.54) is 12.1 Å². The van der Waals surface area contributed by atoms with E-state index in [0.717, 1.165) is 16.9 Å². The van der Waals surface area contributed by atoms with Gasteiger partial charge >= 0.3 is 6.61 Å². The summed E-state index contributed by atoms with van der Waals surface area (Å²) >= 11 is 0. The summed E-state index contributed by atoms with van der Waals surface area (Å²) in [7, 11) is -1.51. The van der Waals surface area contributed by atoms with Crippen LogP contribution in [0.4, 0.5) is 8.78 Å². The summed E-state index contributed by atoms with van der Waals surface area (Å²) in [6.07, 6.45) is 1.02. The summed E-state index contributed by atoms with van der Waals surface area (Å²) in [5.41, 5.74) is 1.83. The number of alkyl halides is 2. The minimum atomic E-state index is -3.09. The van der Waals surface area contributed by atoms with Crippen LogP contribution in [0, 0.1) is 0 Å². The first-order valence-corrected chi connectivity index (χ1v) is 12.4. The maximum absolute atomic E-state index is 12.6. The predicted octanol–water partition coefficient (Wildman–Crippen LogP) is 2.64. The van der Waals surface area contributed by atoms with Crippen LogP contribution in [0.25, 0.3) is 0 Å². The average Bonchev–Trinajstić information content (AvgIpc) is 3.14. The lowest BCUT2D eigenvalue weighted by Gasteiger charge is -2.27. The number of nitrogens with zero attached hydrogens (tertiary/aromatic N) is 1. The average molecular weight is 483 g/mol. The molecule has 7 nitrogen and oxygen atoms in total. The number of sulfone groups is 1. The van der Waals surface area contributed by atoms with Crippen molar-refractivity contribution in [3.63, 3.8) is 0 Å². The summed E-state index contributed by atoms with van der Waals surface area (Å²) in [4.78, 5) is 14.5. The van der Waals surface area contributed by atoms with Gasteiger partial charge in [0.15, 0.2) is 9.84 Å². The number of halogens is 2. The Hall–Kier alpha value is -2.72. The molecule has 180 valence electrons. The summed E-state index contributed by atoms with van der Waals surface area (Å²) in [5.74, 6) is 0.775. The smallest absolute Gasteiger partial charge is 0.387 e. The van der Waals surface area contributed by atoms with Crippen molar-refractivity contribution in [3.05, 3.63) is 59.7 Å². The van der Waals surface area contributed by atoms with Crippen molar-refractivity contribution in [2.24, 2.45) is 0 Å². The lowest BCUT2D eigenvalue weighted by molar-refractivity contribution is -0.122. The van der Waals surface area contributed by atoms with E-state index in [1.54, 1.807) is 19.2 Å². The molecule has 1 heterocycles. The van der Waals surface area contributed by atoms with Crippen LogP contribution in [0.15, 0.2) is 48.5 Å². The monoisotopic (exact) mass is 482 g/mol. The fourth-order valence-corrected chi connectivity index (χ4v) is 5.53. The third-order valence-electron chi connectivity index (χ3n) is 5.50. The highest BCUT2D eigenvalue weighted by Gasteiger charge is 2.33. The van der Waals surface area contributed by atoms with Gasteiger partial charge in [0.2, 0.25) is 5.91 Å². The number of hydrogen-bond donors (Lipinski definition) is 1. The number of amides is 1. The molecule has 1 N–H and O–H groups in total. The van der Waals surface area contributed by atoms with E-state index in [9.17, 15) is 22.0 Å². The third-order valence-corrected chi connectivity index (χ3v) is 7.25. The van der Waals surface area contributed by atoms with Gasteiger partial charge in [-0.15, -0.1) is 0 Å². The number of nitrogens with one attached hydrogen (secondary N) is 1. The zero-order valence-corrected chi connectivity index (χ0v) is 19.2. The Kier molecular flexibility index (Phi) is 8.62. The van der Waals surface area contributed by atoms with E-state index >= 15 is 0 Å². The normalized spacial score (nSPS) is 17.3. The van der Waals surface area contributed by atoms with E-state index in [0.29, 0.717) is 25.9 Å². The van der Waals surface area contributed by atoms with Crippen molar-refractivity contribution >= 4 is 15.7 Å². The van der Waals surface area contributed by atoms with Gasteiger partial charge in [0.25, 0.3) is 0 Å². The number of hydrogen-bond acceptors (Lipinski definition) is 6. The van der Waals surface area contributed by atoms with E-state index in [1.807, 2.05) is 29.2 Å². The number of benzene rings is 2. The SMILES string of the molecule is COc1ccc(CN(CC(=O)NCCc2ccc(OC(F)F)cc2)C2CCS(=O)(=O)C2)cc1. The highest BCUT2D eigenvalue weighted by Crippen LogP contribution is 2.21. The summed E-state index contributed by atoms with van der Waals surface area (Å²) in [6, 6.07) is 13.5. The van der Waals surface area contributed by atoms with Crippen LogP contribution in [0.3, 0.4) is 0 Å². The summed E-state index contributed by atoms with van der Waals surface area (Å²) < 4.78 is 57.9. The second-order valence-electron chi connectivity index (χ2n) is 7.93. The molecule has 1 saturated heterocycles. The lowest BCUT2D eigenvalue weighted by atomic mass is 10.1. The molecule has 0 aliphatic carbocycles. The fraction of sp³-hybridized carbons (Fsp3) is 0.435. The van der Waals surface area contributed by atoms with Crippen molar-refractivity contribution in [2.75, 3.05) is 31.7 Å². The molecule has 0 bridgehead atoms. The Morgan fingerprint density at radius 3 is 2.30 bits per heavy atom. The second kappa shape index (κ2) is 11.4. The molecule has 0 aromatic heterocycles. The van der Waals surface area contributed by atoms with Gasteiger partial charge < -0.3 is 14.8 Å². The lowest BCUT2D eigenvalue weighted by Crippen LogP contribution is -2.43. The molecule has 1 aliphatic heterocycles. The van der Waals surface area contributed by atoms with Crippen LogP contribution in [0.1, 0.15) is 17.5 Å². The summed E-state index contributed by atoms with van der Waals surface area (Å²) in [5, 5.41) is 2.86. The van der Waals surface area contributed by atoms with Crippen LogP contribution < -0.4 is 14.8 Å². The van der Waals surface area contributed by atoms with Crippen LogP contribution in [-0.2, 0) is 27.6 Å². The second-order valence-corrected chi connectivity index (χ2v) is 10.2. The molecule has 1 unspecified atom stereocenters. The molecule has 1 aliphatic rings. The highest BCUT2D eigenvalue weighted by molar-refractivity contribution is 7.91. The van der Waals surface area contributed by atoms with Gasteiger partial charge in [0.05, 0.1) is 25.2 Å². The van der Waals surface area contributed by atoms with Gasteiger partial charge in [-0.25, -0.2) is 8.42 Å². The first-order valence-electron chi connectivity index (χ1n) is 10.6. The molecule has 0 saturated carbocycles. The van der Waals surface area contributed by atoms with Crippen LogP contribution in [-0.4, -0.2) is 63.6 Å². The third kappa shape index (κ3) is 7.97. The minimum Gasteiger partial charge on any atom is -0.497 e. The van der Waals surface area contributed by atoms with Crippen molar-refractivity contribution in [1.29, 1.82) is 0 Å². The Bertz CT molecular complexity index is 1010. The molecule has 1 fully saturated rings. The van der Waals surface area contributed by atoms with Crippen LogP contribution >= 0.6 is 0 Å². The first kappa shape index (κ1) is 24.9. The Balaban J connectivity index is 1.55. The molecule has 1 atom stereocenters. The molecule has 2 aromatic carbocycles. The van der Waals surface area contributed by atoms with E-state index < -0.39 is 16.4 Å². The molecule has 0 radical (unpaired) electrons. The number of rotatable bonds is 11. The highest BCUT2D eigenvalue weighted by atomic mass is 32.2. The Labute approximate surface area is 192 Å². The van der Waals surface area contributed by atoms with Crippen molar-refractivity contribution in [3.8, 4) is 11.5 Å². The van der Waals surface area contributed by atoms with Crippen molar-refractivity contribution < 1.29 is 31.5 Å². The maximum Gasteiger partial charge on any atom is 0.387 e. The van der Waals surface area contributed by atoms with E-state index in [-0.39, 0.29) is 35.7 Å². The van der Waals surface area contributed by atoms with Gasteiger partial charge in [-0.3, -0.25) is 9.69 Å². The molecule has 10 heteroatoms. The van der Waals surface area contributed by atoms with Crippen molar-refractivity contribution in [1.82, 2.24) is 10.2 Å². The Morgan fingerprint density at radius 1 is 1.09 bits per heavy atom. The van der Waals surface area contributed by atoms with Crippen LogP contribution in [0.5, 0.6) is 11.5 Å². The van der Waals surface area contributed by atoms with E-state index in [4.69, 9.17) is 4.74 Å². The molecule has 0 spiro atoms. The molecular formula is C23H28F2N2O5S. The summed E-state index contributed by atoms with van der Waals surface area (Å²) in [6.45, 7) is -1.98. The zero-order valence-electron chi connectivity index (χ0n) is 18.4. The number of ether oxygens (including phenoxy) is 2. The molecule has 33 heavy (non-hydrogen) atoms. The molecule has 3 rings (SSSR count). The number of carbonyl (C=O) groups excluding carboxylic acids is 1. The number of methoxy groups -OCH3 is 1. The molecule has 1 amide bonds. The fourth-order valence-electron chi connectivity index (χ4n) is 3.77. The quantitative estimate of drug-likeness (QED) is 0.530. The maximum atomic E-state index is 12.6. The van der Waals surface area contributed by atoms with Crippen molar-refractivity contribution in [2.45, 2.75) is 32.0 Å². The standard InChI is InChI=1S/C23H28F2N2O5S/c1-31-20-6-4-18(5-7-20)14-27(19-11-13-33(29,30)16-19)15-22(28)26-12-10-17-2-8-21(9-3-17)32-23(24)25/h2-9,19,23H,10-16H2,1H3,(H,26,28). The van der Waals surface area contributed by atoms with Gasteiger partial charge in [-0.05, 0) is 48.2 Å². The Morgan fingerprint density at radius 2 is 1.73 bits per heavy atom. The first-order chi connectivity index (χ1) is 15.7. The van der Waals surface area contributed by atoms with Gasteiger partial charge in [0.1, 0.15) is 11.5 Å². The topological polar surface area (TPSA) is 84.9 Å². The van der Waals surface area contributed by atoms with Crippen LogP contribution in [0.2, 0.25) is 0 Å². The van der Waals surface area contributed by atoms with Gasteiger partial charge in [-0.2, -0.15) is 8.78 Å². The molecular weight excluding hydrogens is 454 g/mol. The minimum absolute atomic E-state index is 0.0451. The zero-order chi connectivity index (χ0) is 23.8. The largest absolute Gasteiger partial charge is 0.497 e. The van der Waals surface area contributed by atoms with Gasteiger partial charge in [0, 0.05) is 19.1 Å².